The van der Waals surface area contributed by atoms with Gasteiger partial charge in [0, 0.05) is 41.0 Å². The number of fused-ring (bicyclic) bond motifs is 1. The summed E-state index contributed by atoms with van der Waals surface area (Å²) in [5, 5.41) is 8.13. The molecule has 6 nitrogen and oxygen atoms in total. The van der Waals surface area contributed by atoms with E-state index in [0.717, 1.165) is 42.3 Å². The van der Waals surface area contributed by atoms with E-state index in [1.54, 1.807) is 17.2 Å². The summed E-state index contributed by atoms with van der Waals surface area (Å²) in [5.41, 5.74) is 3.19. The van der Waals surface area contributed by atoms with Crippen molar-refractivity contribution < 1.29 is 13.2 Å². The molecule has 38 heavy (non-hydrogen) atoms. The van der Waals surface area contributed by atoms with Gasteiger partial charge in [0.1, 0.15) is 23.6 Å². The first-order chi connectivity index (χ1) is 18.1. The Bertz CT molecular complexity index is 1440. The van der Waals surface area contributed by atoms with Gasteiger partial charge in [-0.05, 0) is 70.1 Å². The Hall–Kier alpha value is -3.46. The molecule has 3 aromatic heterocycles. The molecule has 0 saturated carbocycles. The van der Waals surface area contributed by atoms with E-state index in [-0.39, 0.29) is 30.1 Å². The third-order valence-electron chi connectivity index (χ3n) is 7.26. The summed E-state index contributed by atoms with van der Waals surface area (Å²) in [7, 11) is 0. The molecule has 1 N–H and O–H groups in total. The molecule has 0 amide bonds. The first kappa shape index (κ1) is 26.2. The topological polar surface area (TPSA) is 58.9 Å². The fourth-order valence-corrected chi connectivity index (χ4v) is 5.61. The molecule has 1 fully saturated rings. The van der Waals surface area contributed by atoms with Crippen LogP contribution in [0.25, 0.3) is 22.2 Å². The van der Waals surface area contributed by atoms with Crippen LogP contribution in [0.2, 0.25) is 0 Å². The predicted octanol–water partition coefficient (Wildman–Crippen LogP) is 6.40. The number of hydrogen-bond donors (Lipinski definition) is 1. The molecule has 0 spiro atoms. The molecule has 1 aliphatic rings. The third-order valence-corrected chi connectivity index (χ3v) is 7.26. The Labute approximate surface area is 220 Å². The quantitative estimate of drug-likeness (QED) is 0.290. The van der Waals surface area contributed by atoms with E-state index in [4.69, 9.17) is 4.98 Å². The lowest BCUT2D eigenvalue weighted by Crippen LogP contribution is -2.40. The maximum atomic E-state index is 14.6. The number of nitrogens with zero attached hydrogens (tertiary/aromatic N) is 5. The van der Waals surface area contributed by atoms with Crippen LogP contribution in [-0.2, 0) is 0 Å². The predicted molar refractivity (Wildman–Crippen MR) is 144 cm³/mol. The van der Waals surface area contributed by atoms with E-state index in [2.05, 4.69) is 43.1 Å². The summed E-state index contributed by atoms with van der Waals surface area (Å²) < 4.78 is 45.2. The Morgan fingerprint density at radius 3 is 2.76 bits per heavy atom. The number of anilines is 1. The minimum atomic E-state index is -1.18. The van der Waals surface area contributed by atoms with Crippen molar-refractivity contribution in [3.05, 3.63) is 72.2 Å². The van der Waals surface area contributed by atoms with Gasteiger partial charge in [0.25, 0.3) is 0 Å². The van der Waals surface area contributed by atoms with Crippen LogP contribution in [0, 0.1) is 11.6 Å². The highest BCUT2D eigenvalue weighted by molar-refractivity contribution is 5.91. The molecule has 5 rings (SSSR count). The van der Waals surface area contributed by atoms with Gasteiger partial charge in [-0.1, -0.05) is 6.92 Å². The summed E-state index contributed by atoms with van der Waals surface area (Å²) >= 11 is 0. The summed E-state index contributed by atoms with van der Waals surface area (Å²) in [6, 6.07) is 8.29. The van der Waals surface area contributed by atoms with E-state index in [9.17, 15) is 13.2 Å². The van der Waals surface area contributed by atoms with Gasteiger partial charge in [-0.15, -0.1) is 0 Å². The number of aromatic nitrogens is 4. The van der Waals surface area contributed by atoms with Gasteiger partial charge < -0.3 is 10.2 Å². The zero-order valence-electron chi connectivity index (χ0n) is 22.1. The first-order valence-corrected chi connectivity index (χ1v) is 13.1. The number of rotatable bonds is 8. The Morgan fingerprint density at radius 1 is 1.16 bits per heavy atom. The van der Waals surface area contributed by atoms with Crippen molar-refractivity contribution >= 4 is 16.9 Å². The maximum Gasteiger partial charge on any atom is 0.130 e. The van der Waals surface area contributed by atoms with Crippen LogP contribution in [0.3, 0.4) is 0 Å². The van der Waals surface area contributed by atoms with Crippen LogP contribution < -0.4 is 10.2 Å². The molecule has 4 aromatic rings. The molecule has 1 saturated heterocycles. The zero-order valence-corrected chi connectivity index (χ0v) is 22.1. The van der Waals surface area contributed by atoms with Crippen LogP contribution in [0.5, 0.6) is 0 Å². The minimum Gasteiger partial charge on any atom is -0.346 e. The smallest absolute Gasteiger partial charge is 0.130 e. The molecule has 200 valence electrons. The number of benzene rings is 1. The number of hydrogen-bond acceptors (Lipinski definition) is 5. The number of alkyl halides is 1. The standard InChI is InChI=1S/C29H33F3N6/c1-5-34-29(3,4)14-18(2)38-16-19(15-35-38)22-10-11-33-25-8-9-27(36-28(22)25)37-17-21(31)13-26(37)23-12-20(30)6-7-24(23)32/h6-12,15-16,18,21,26,34H,5,13-14,17H2,1-4H3/t18?,21-,26+/m0/s1. The highest BCUT2D eigenvalue weighted by Gasteiger charge is 2.36. The SMILES string of the molecule is CCNC(C)(C)CC(C)n1cc(-c2ccnc3ccc(N4C[C@@H](F)C[C@@H]4c4cc(F)ccc4F)nc23)cn1. The lowest BCUT2D eigenvalue weighted by molar-refractivity contribution is 0.300. The van der Waals surface area contributed by atoms with E-state index in [1.807, 2.05) is 29.2 Å². The van der Waals surface area contributed by atoms with Crippen molar-refractivity contribution in [3.63, 3.8) is 0 Å². The van der Waals surface area contributed by atoms with E-state index >= 15 is 0 Å². The average molecular weight is 523 g/mol. The van der Waals surface area contributed by atoms with Crippen molar-refractivity contribution in [3.8, 4) is 11.1 Å². The second-order valence-corrected chi connectivity index (χ2v) is 10.7. The van der Waals surface area contributed by atoms with Crippen molar-refractivity contribution in [2.24, 2.45) is 0 Å². The van der Waals surface area contributed by atoms with Crippen LogP contribution in [0.15, 0.2) is 55.0 Å². The fraction of sp³-hybridized carbons (Fsp3) is 0.414. The number of nitrogens with one attached hydrogen (secondary N) is 1. The fourth-order valence-electron chi connectivity index (χ4n) is 5.61. The summed E-state index contributed by atoms with van der Waals surface area (Å²) in [6.45, 7) is 9.55. The summed E-state index contributed by atoms with van der Waals surface area (Å²) in [6.07, 6.45) is 5.34. The lowest BCUT2D eigenvalue weighted by Gasteiger charge is -2.29. The van der Waals surface area contributed by atoms with Gasteiger partial charge in [-0.3, -0.25) is 9.67 Å². The Balaban J connectivity index is 1.49. The normalized spacial score (nSPS) is 18.9. The molecular weight excluding hydrogens is 489 g/mol. The summed E-state index contributed by atoms with van der Waals surface area (Å²) in [5.74, 6) is -0.618. The third kappa shape index (κ3) is 5.25. The lowest BCUT2D eigenvalue weighted by atomic mass is 9.96. The van der Waals surface area contributed by atoms with Crippen LogP contribution in [0.4, 0.5) is 19.0 Å². The molecule has 3 atom stereocenters. The molecule has 0 aliphatic carbocycles. The van der Waals surface area contributed by atoms with Crippen molar-refractivity contribution in [1.29, 1.82) is 0 Å². The highest BCUT2D eigenvalue weighted by Crippen LogP contribution is 2.39. The molecule has 0 bridgehead atoms. The molecule has 9 heteroatoms. The summed E-state index contributed by atoms with van der Waals surface area (Å²) in [4.78, 5) is 11.0. The van der Waals surface area contributed by atoms with Gasteiger partial charge in [-0.2, -0.15) is 5.10 Å². The highest BCUT2D eigenvalue weighted by atomic mass is 19.1. The molecule has 1 aromatic carbocycles. The molecular formula is C29H33F3N6. The van der Waals surface area contributed by atoms with E-state index < -0.39 is 23.8 Å². The van der Waals surface area contributed by atoms with Crippen molar-refractivity contribution in [2.45, 2.75) is 64.3 Å². The maximum absolute atomic E-state index is 14.6. The minimum absolute atomic E-state index is 0.0260. The molecule has 1 unspecified atom stereocenters. The van der Waals surface area contributed by atoms with Gasteiger partial charge >= 0.3 is 0 Å². The van der Waals surface area contributed by atoms with Gasteiger partial charge in [0.2, 0.25) is 0 Å². The second-order valence-electron chi connectivity index (χ2n) is 10.7. The first-order valence-electron chi connectivity index (χ1n) is 13.1. The van der Waals surface area contributed by atoms with Gasteiger partial charge in [0.15, 0.2) is 0 Å². The molecule has 4 heterocycles. The van der Waals surface area contributed by atoms with Crippen molar-refractivity contribution in [2.75, 3.05) is 18.0 Å². The number of pyridine rings is 2. The average Bonchev–Trinajstić information content (AvgIpc) is 3.52. The van der Waals surface area contributed by atoms with Gasteiger partial charge in [0.05, 0.1) is 35.9 Å². The largest absolute Gasteiger partial charge is 0.346 e. The second kappa shape index (κ2) is 10.4. The number of halogens is 3. The molecule has 1 aliphatic heterocycles. The van der Waals surface area contributed by atoms with E-state index in [1.165, 1.54) is 0 Å². The van der Waals surface area contributed by atoms with Crippen LogP contribution in [0.1, 0.15) is 58.2 Å². The molecule has 0 radical (unpaired) electrons. The van der Waals surface area contributed by atoms with Crippen LogP contribution in [-0.4, -0.2) is 44.5 Å². The van der Waals surface area contributed by atoms with Crippen molar-refractivity contribution in [1.82, 2.24) is 25.1 Å². The monoisotopic (exact) mass is 522 g/mol. The Morgan fingerprint density at radius 2 is 1.97 bits per heavy atom. The Kier molecular flexibility index (Phi) is 7.13. The van der Waals surface area contributed by atoms with Crippen LogP contribution >= 0.6 is 0 Å². The van der Waals surface area contributed by atoms with E-state index in [0.29, 0.717) is 16.9 Å². The zero-order chi connectivity index (χ0) is 27.0. The van der Waals surface area contributed by atoms with Gasteiger partial charge in [-0.25, -0.2) is 18.2 Å².